The highest BCUT2D eigenvalue weighted by Crippen LogP contribution is 2.39. The van der Waals surface area contributed by atoms with Gasteiger partial charge in [0.15, 0.2) is 9.84 Å². The molecule has 1 fully saturated rings. The largest absolute Gasteiger partial charge is 0.248 e. The molecule has 5 heteroatoms. The number of hydrogen-bond acceptors (Lipinski definition) is 4. The van der Waals surface area contributed by atoms with Crippen LogP contribution in [0.15, 0.2) is 11.6 Å². The molecule has 0 radical (unpaired) electrons. The molecule has 0 saturated heterocycles. The normalized spacial score (nSPS) is 21.7. The quantitative estimate of drug-likeness (QED) is 0.850. The maximum absolute atomic E-state index is 12.5. The first kappa shape index (κ1) is 14.0. The minimum atomic E-state index is -3.09. The van der Waals surface area contributed by atoms with Crippen LogP contribution in [0.25, 0.3) is 0 Å². The molecule has 18 heavy (non-hydrogen) atoms. The highest BCUT2D eigenvalue weighted by molar-refractivity contribution is 7.91. The first-order valence-corrected chi connectivity index (χ1v) is 9.13. The molecular formula is C13H21NO2S2. The molecule has 0 bridgehead atoms. The molecule has 3 nitrogen and oxygen atoms in total. The van der Waals surface area contributed by atoms with Crippen LogP contribution in [0.1, 0.15) is 56.2 Å². The van der Waals surface area contributed by atoms with Gasteiger partial charge in [0.1, 0.15) is 10.3 Å². The molecule has 0 amide bonds. The zero-order valence-electron chi connectivity index (χ0n) is 11.1. The second-order valence-corrected chi connectivity index (χ2v) is 8.94. The van der Waals surface area contributed by atoms with Gasteiger partial charge in [-0.3, -0.25) is 0 Å². The average Bonchev–Trinajstić information content (AvgIpc) is 2.80. The van der Waals surface area contributed by atoms with Crippen LogP contribution >= 0.6 is 11.3 Å². The van der Waals surface area contributed by atoms with Crippen LogP contribution in [-0.4, -0.2) is 19.2 Å². The third-order valence-corrected chi connectivity index (χ3v) is 7.46. The van der Waals surface area contributed by atoms with Crippen LogP contribution in [0.3, 0.4) is 0 Å². The summed E-state index contributed by atoms with van der Waals surface area (Å²) in [5, 5.41) is 2.09. The number of rotatable bonds is 4. The van der Waals surface area contributed by atoms with Crippen molar-refractivity contribution in [2.45, 2.75) is 51.2 Å². The Balaban J connectivity index is 2.11. The molecule has 1 aliphatic carbocycles. The van der Waals surface area contributed by atoms with Crippen LogP contribution in [0.5, 0.6) is 0 Å². The van der Waals surface area contributed by atoms with Gasteiger partial charge in [-0.15, -0.1) is 11.3 Å². The third kappa shape index (κ3) is 3.12. The highest BCUT2D eigenvalue weighted by Gasteiger charge is 2.35. The van der Waals surface area contributed by atoms with Crippen LogP contribution in [-0.2, 0) is 9.84 Å². The first-order valence-electron chi connectivity index (χ1n) is 6.54. The summed E-state index contributed by atoms with van der Waals surface area (Å²) in [7, 11) is -3.09. The Morgan fingerprint density at radius 2 is 2.06 bits per heavy atom. The first-order chi connectivity index (χ1) is 8.43. The Bertz CT molecular complexity index is 473. The molecular weight excluding hydrogens is 266 g/mol. The van der Waals surface area contributed by atoms with E-state index in [9.17, 15) is 8.42 Å². The van der Waals surface area contributed by atoms with Crippen molar-refractivity contribution in [3.05, 3.63) is 16.6 Å². The summed E-state index contributed by atoms with van der Waals surface area (Å²) in [4.78, 5) is 4.14. The van der Waals surface area contributed by atoms with Crippen molar-refractivity contribution >= 4 is 21.2 Å². The Kier molecular flexibility index (Phi) is 4.11. The van der Waals surface area contributed by atoms with Gasteiger partial charge in [-0.25, -0.2) is 13.4 Å². The molecule has 1 aromatic heterocycles. The van der Waals surface area contributed by atoms with Gasteiger partial charge in [-0.05, 0) is 25.2 Å². The lowest BCUT2D eigenvalue weighted by molar-refractivity contribution is 0.247. The molecule has 2 rings (SSSR count). The molecule has 1 unspecified atom stereocenters. The van der Waals surface area contributed by atoms with Gasteiger partial charge in [0.2, 0.25) is 0 Å². The second kappa shape index (κ2) is 5.29. The van der Waals surface area contributed by atoms with Crippen molar-refractivity contribution in [1.29, 1.82) is 0 Å². The zero-order chi connectivity index (χ0) is 13.2. The smallest absolute Gasteiger partial charge is 0.159 e. The summed E-state index contributed by atoms with van der Waals surface area (Å²) in [6, 6.07) is 0. The molecule has 1 atom stereocenters. The molecule has 1 aromatic rings. The van der Waals surface area contributed by atoms with Crippen molar-refractivity contribution < 1.29 is 8.42 Å². The maximum atomic E-state index is 12.5. The zero-order valence-corrected chi connectivity index (χ0v) is 12.7. The van der Waals surface area contributed by atoms with Crippen LogP contribution in [0.4, 0.5) is 0 Å². The predicted molar refractivity (Wildman–Crippen MR) is 75.5 cm³/mol. The van der Waals surface area contributed by atoms with Gasteiger partial charge in [-0.2, -0.15) is 0 Å². The molecule has 0 aromatic carbocycles. The molecule has 1 saturated carbocycles. The minimum absolute atomic E-state index is 0.0252. The lowest BCUT2D eigenvalue weighted by Gasteiger charge is -2.33. The molecule has 0 aliphatic heterocycles. The fourth-order valence-corrected chi connectivity index (χ4v) is 5.81. The number of nitrogens with zero attached hydrogens (tertiary/aromatic N) is 1. The van der Waals surface area contributed by atoms with Crippen molar-refractivity contribution in [2.75, 3.05) is 5.75 Å². The molecule has 0 N–H and O–H groups in total. The van der Waals surface area contributed by atoms with Gasteiger partial charge >= 0.3 is 0 Å². The van der Waals surface area contributed by atoms with Crippen LogP contribution < -0.4 is 0 Å². The fourth-order valence-electron chi connectivity index (χ4n) is 2.75. The van der Waals surface area contributed by atoms with E-state index in [1.807, 2.05) is 5.38 Å². The van der Waals surface area contributed by atoms with Crippen molar-refractivity contribution in [1.82, 2.24) is 4.98 Å². The summed E-state index contributed by atoms with van der Waals surface area (Å²) >= 11 is 1.43. The van der Waals surface area contributed by atoms with E-state index in [-0.39, 0.29) is 5.41 Å². The molecule has 1 aliphatic rings. The van der Waals surface area contributed by atoms with Crippen molar-refractivity contribution in [2.24, 2.45) is 5.41 Å². The third-order valence-electron chi connectivity index (χ3n) is 3.95. The van der Waals surface area contributed by atoms with Gasteiger partial charge in [0.05, 0.1) is 5.75 Å². The summed E-state index contributed by atoms with van der Waals surface area (Å²) in [6.45, 7) is 3.89. The van der Waals surface area contributed by atoms with E-state index in [0.29, 0.717) is 5.75 Å². The maximum Gasteiger partial charge on any atom is 0.159 e. The minimum Gasteiger partial charge on any atom is -0.248 e. The summed E-state index contributed by atoms with van der Waals surface area (Å²) in [5.74, 6) is 0.306. The predicted octanol–water partition coefficient (Wildman–Crippen LogP) is 3.59. The Hall–Kier alpha value is -0.420. The highest BCUT2D eigenvalue weighted by atomic mass is 32.2. The monoisotopic (exact) mass is 287 g/mol. The van der Waals surface area contributed by atoms with Crippen molar-refractivity contribution in [3.8, 4) is 0 Å². The number of aromatic nitrogens is 1. The van der Waals surface area contributed by atoms with E-state index in [0.717, 1.165) is 30.7 Å². The SMILES string of the molecule is CC(c1nccs1)S(=O)(=O)CC1(C)CCCCC1. The van der Waals surface area contributed by atoms with Gasteiger partial charge in [0, 0.05) is 11.6 Å². The Morgan fingerprint density at radius 3 is 2.61 bits per heavy atom. The number of thiazole rings is 1. The van der Waals surface area contributed by atoms with E-state index in [1.54, 1.807) is 13.1 Å². The van der Waals surface area contributed by atoms with E-state index in [4.69, 9.17) is 0 Å². The van der Waals surface area contributed by atoms with E-state index >= 15 is 0 Å². The molecule has 0 spiro atoms. The standard InChI is InChI=1S/C13H21NO2S2/c1-11(12-14-8-9-17-12)18(15,16)10-13(2)6-4-3-5-7-13/h8-9,11H,3-7,10H2,1-2H3. The summed E-state index contributed by atoms with van der Waals surface area (Å²) in [6.07, 6.45) is 7.33. The van der Waals surface area contributed by atoms with E-state index in [1.165, 1.54) is 17.8 Å². The average molecular weight is 287 g/mol. The van der Waals surface area contributed by atoms with Gasteiger partial charge in [0.25, 0.3) is 0 Å². The van der Waals surface area contributed by atoms with Gasteiger partial charge in [-0.1, -0.05) is 26.2 Å². The molecule has 1 heterocycles. The Morgan fingerprint density at radius 1 is 1.39 bits per heavy atom. The van der Waals surface area contributed by atoms with E-state index in [2.05, 4.69) is 11.9 Å². The van der Waals surface area contributed by atoms with Crippen molar-refractivity contribution in [3.63, 3.8) is 0 Å². The number of hydrogen-bond donors (Lipinski definition) is 0. The lowest BCUT2D eigenvalue weighted by Crippen LogP contribution is -2.31. The summed E-state index contributed by atoms with van der Waals surface area (Å²) < 4.78 is 24.9. The fraction of sp³-hybridized carbons (Fsp3) is 0.769. The number of sulfone groups is 1. The Labute approximate surface area is 114 Å². The van der Waals surface area contributed by atoms with Gasteiger partial charge < -0.3 is 0 Å². The topological polar surface area (TPSA) is 47.0 Å². The second-order valence-electron chi connectivity index (χ2n) is 5.69. The van der Waals surface area contributed by atoms with Crippen LogP contribution in [0, 0.1) is 5.41 Å². The lowest BCUT2D eigenvalue weighted by atomic mass is 9.77. The summed E-state index contributed by atoms with van der Waals surface area (Å²) in [5.41, 5.74) is -0.0252. The molecule has 102 valence electrons. The van der Waals surface area contributed by atoms with E-state index < -0.39 is 15.1 Å². The van der Waals surface area contributed by atoms with Crippen LogP contribution in [0.2, 0.25) is 0 Å².